The Kier molecular flexibility index (Phi) is 4.75. The molecule has 0 spiro atoms. The highest BCUT2D eigenvalue weighted by Gasteiger charge is 2.23. The van der Waals surface area contributed by atoms with E-state index in [9.17, 15) is 4.79 Å². The molecule has 0 saturated carbocycles. The molecule has 5 heteroatoms. The van der Waals surface area contributed by atoms with E-state index in [4.69, 9.17) is 9.15 Å². The predicted octanol–water partition coefficient (Wildman–Crippen LogP) is 3.64. The molecule has 2 aromatic carbocycles. The van der Waals surface area contributed by atoms with Crippen LogP contribution in [0.1, 0.15) is 11.1 Å². The monoisotopic (exact) mass is 364 g/mol. The van der Waals surface area contributed by atoms with Crippen molar-refractivity contribution in [2.45, 2.75) is 13.3 Å². The third-order valence-electron chi connectivity index (χ3n) is 5.21. The molecule has 0 unspecified atom stereocenters. The lowest BCUT2D eigenvalue weighted by Gasteiger charge is -2.36. The number of amides is 1. The Balaban J connectivity index is 1.41. The van der Waals surface area contributed by atoms with Crippen molar-refractivity contribution in [3.05, 3.63) is 59.9 Å². The van der Waals surface area contributed by atoms with Gasteiger partial charge in [0, 0.05) is 37.1 Å². The third kappa shape index (κ3) is 3.50. The molecule has 0 bridgehead atoms. The molecule has 1 fully saturated rings. The molecule has 140 valence electrons. The second-order valence-electron chi connectivity index (χ2n) is 6.98. The van der Waals surface area contributed by atoms with E-state index in [1.807, 2.05) is 42.2 Å². The number of furan rings is 1. The quantitative estimate of drug-likeness (QED) is 0.709. The third-order valence-corrected chi connectivity index (χ3v) is 5.21. The van der Waals surface area contributed by atoms with Crippen LogP contribution in [0.15, 0.2) is 53.1 Å². The van der Waals surface area contributed by atoms with Gasteiger partial charge in [-0.3, -0.25) is 4.79 Å². The summed E-state index contributed by atoms with van der Waals surface area (Å²) in [4.78, 5) is 17.0. The fourth-order valence-electron chi connectivity index (χ4n) is 3.69. The SMILES string of the molecule is COc1ccccc1N1CCN(C(=O)Cc2coc3cc(C)ccc23)CC1. The van der Waals surface area contributed by atoms with Gasteiger partial charge in [-0.2, -0.15) is 0 Å². The molecule has 0 atom stereocenters. The molecule has 4 rings (SSSR count). The van der Waals surface area contributed by atoms with Gasteiger partial charge >= 0.3 is 0 Å². The number of benzene rings is 2. The van der Waals surface area contributed by atoms with Crippen LogP contribution in [0.5, 0.6) is 5.75 Å². The molecule has 1 aliphatic rings. The summed E-state index contributed by atoms with van der Waals surface area (Å²) in [5, 5.41) is 1.03. The fourth-order valence-corrected chi connectivity index (χ4v) is 3.69. The highest BCUT2D eigenvalue weighted by Crippen LogP contribution is 2.28. The van der Waals surface area contributed by atoms with Gasteiger partial charge in [0.25, 0.3) is 0 Å². The van der Waals surface area contributed by atoms with E-state index in [-0.39, 0.29) is 5.91 Å². The number of ether oxygens (including phenoxy) is 1. The number of carbonyl (C=O) groups is 1. The second kappa shape index (κ2) is 7.35. The zero-order valence-corrected chi connectivity index (χ0v) is 15.8. The van der Waals surface area contributed by atoms with Crippen LogP contribution in [0, 0.1) is 6.92 Å². The van der Waals surface area contributed by atoms with Crippen LogP contribution in [0.25, 0.3) is 11.0 Å². The number of methoxy groups -OCH3 is 1. The van der Waals surface area contributed by atoms with Crippen molar-refractivity contribution in [3.8, 4) is 5.75 Å². The van der Waals surface area contributed by atoms with Gasteiger partial charge in [-0.05, 0) is 30.7 Å². The number of anilines is 1. The van der Waals surface area contributed by atoms with Crippen LogP contribution >= 0.6 is 0 Å². The van der Waals surface area contributed by atoms with E-state index in [2.05, 4.69) is 17.0 Å². The number of hydrogen-bond donors (Lipinski definition) is 0. The summed E-state index contributed by atoms with van der Waals surface area (Å²) < 4.78 is 11.1. The number of fused-ring (bicyclic) bond motifs is 1. The molecule has 27 heavy (non-hydrogen) atoms. The molecule has 2 heterocycles. The number of carbonyl (C=O) groups excluding carboxylic acids is 1. The lowest BCUT2D eigenvalue weighted by molar-refractivity contribution is -0.130. The second-order valence-corrected chi connectivity index (χ2v) is 6.98. The van der Waals surface area contributed by atoms with Gasteiger partial charge in [0.15, 0.2) is 0 Å². The molecule has 1 amide bonds. The maximum absolute atomic E-state index is 12.8. The van der Waals surface area contributed by atoms with Crippen LogP contribution in [-0.4, -0.2) is 44.1 Å². The summed E-state index contributed by atoms with van der Waals surface area (Å²) in [5.74, 6) is 1.02. The minimum atomic E-state index is 0.151. The Morgan fingerprint density at radius 1 is 1.11 bits per heavy atom. The minimum absolute atomic E-state index is 0.151. The van der Waals surface area contributed by atoms with Crippen molar-refractivity contribution < 1.29 is 13.9 Å². The van der Waals surface area contributed by atoms with Gasteiger partial charge in [-0.1, -0.05) is 24.3 Å². The molecule has 5 nitrogen and oxygen atoms in total. The minimum Gasteiger partial charge on any atom is -0.495 e. The number of nitrogens with zero attached hydrogens (tertiary/aromatic N) is 2. The largest absolute Gasteiger partial charge is 0.495 e. The van der Waals surface area contributed by atoms with Gasteiger partial charge in [0.2, 0.25) is 5.91 Å². The summed E-state index contributed by atoms with van der Waals surface area (Å²) in [6.07, 6.45) is 2.10. The van der Waals surface area contributed by atoms with Crippen LogP contribution in [0.3, 0.4) is 0 Å². The first kappa shape index (κ1) is 17.5. The summed E-state index contributed by atoms with van der Waals surface area (Å²) in [5.41, 5.74) is 4.05. The molecular weight excluding hydrogens is 340 g/mol. The highest BCUT2D eigenvalue weighted by molar-refractivity contribution is 5.88. The molecule has 0 radical (unpaired) electrons. The van der Waals surface area contributed by atoms with E-state index in [0.29, 0.717) is 19.5 Å². The van der Waals surface area contributed by atoms with Gasteiger partial charge in [0.1, 0.15) is 11.3 Å². The van der Waals surface area contributed by atoms with Crippen molar-refractivity contribution in [1.82, 2.24) is 4.90 Å². The first-order valence-corrected chi connectivity index (χ1v) is 9.28. The van der Waals surface area contributed by atoms with Gasteiger partial charge in [0.05, 0.1) is 25.5 Å². The van der Waals surface area contributed by atoms with E-state index >= 15 is 0 Å². The zero-order valence-electron chi connectivity index (χ0n) is 15.8. The first-order valence-electron chi connectivity index (χ1n) is 9.28. The smallest absolute Gasteiger partial charge is 0.227 e. The van der Waals surface area contributed by atoms with Crippen molar-refractivity contribution in [2.24, 2.45) is 0 Å². The molecule has 0 N–H and O–H groups in total. The number of piperazine rings is 1. The van der Waals surface area contributed by atoms with Crippen LogP contribution in [0.4, 0.5) is 5.69 Å². The average molecular weight is 364 g/mol. The first-order chi connectivity index (χ1) is 13.2. The Morgan fingerprint density at radius 2 is 1.89 bits per heavy atom. The summed E-state index contributed by atoms with van der Waals surface area (Å²) in [6.45, 7) is 5.07. The van der Waals surface area contributed by atoms with Crippen molar-refractivity contribution in [2.75, 3.05) is 38.2 Å². The van der Waals surface area contributed by atoms with Gasteiger partial charge in [-0.15, -0.1) is 0 Å². The van der Waals surface area contributed by atoms with E-state index in [0.717, 1.165) is 46.6 Å². The number of rotatable bonds is 4. The fraction of sp³-hybridized carbons (Fsp3) is 0.318. The standard InChI is InChI=1S/C22H24N2O3/c1-16-7-8-18-17(15-27-21(18)13-16)14-22(25)24-11-9-23(10-12-24)19-5-3-4-6-20(19)26-2/h3-8,13,15H,9-12,14H2,1-2H3. The Hall–Kier alpha value is -2.95. The van der Waals surface area contributed by atoms with E-state index in [1.165, 1.54) is 0 Å². The van der Waals surface area contributed by atoms with E-state index < -0.39 is 0 Å². The Labute approximate surface area is 159 Å². The molecule has 1 saturated heterocycles. The summed E-state index contributed by atoms with van der Waals surface area (Å²) in [6, 6.07) is 14.1. The zero-order chi connectivity index (χ0) is 18.8. The number of para-hydroxylation sites is 2. The highest BCUT2D eigenvalue weighted by atomic mass is 16.5. The lowest BCUT2D eigenvalue weighted by atomic mass is 10.1. The number of hydrogen-bond acceptors (Lipinski definition) is 4. The van der Waals surface area contributed by atoms with E-state index in [1.54, 1.807) is 13.4 Å². The Morgan fingerprint density at radius 3 is 2.67 bits per heavy atom. The van der Waals surface area contributed by atoms with Crippen LogP contribution in [-0.2, 0) is 11.2 Å². The molecule has 3 aromatic rings. The lowest BCUT2D eigenvalue weighted by Crippen LogP contribution is -2.49. The summed E-state index contributed by atoms with van der Waals surface area (Å²) >= 11 is 0. The molecular formula is C22H24N2O3. The molecule has 1 aromatic heterocycles. The molecule has 0 aliphatic carbocycles. The molecule has 1 aliphatic heterocycles. The van der Waals surface area contributed by atoms with Gasteiger partial charge < -0.3 is 19.0 Å². The average Bonchev–Trinajstić information content (AvgIpc) is 3.09. The van der Waals surface area contributed by atoms with Gasteiger partial charge in [-0.25, -0.2) is 0 Å². The topological polar surface area (TPSA) is 45.9 Å². The summed E-state index contributed by atoms with van der Waals surface area (Å²) in [7, 11) is 1.69. The predicted molar refractivity (Wildman–Crippen MR) is 106 cm³/mol. The maximum Gasteiger partial charge on any atom is 0.227 e. The Bertz CT molecular complexity index is 955. The van der Waals surface area contributed by atoms with Crippen LogP contribution < -0.4 is 9.64 Å². The maximum atomic E-state index is 12.8. The number of aryl methyl sites for hydroxylation is 1. The van der Waals surface area contributed by atoms with Crippen molar-refractivity contribution >= 4 is 22.6 Å². The van der Waals surface area contributed by atoms with Crippen molar-refractivity contribution in [3.63, 3.8) is 0 Å². The van der Waals surface area contributed by atoms with Crippen molar-refractivity contribution in [1.29, 1.82) is 0 Å². The van der Waals surface area contributed by atoms with Crippen LogP contribution in [0.2, 0.25) is 0 Å². The normalized spacial score (nSPS) is 14.6.